The van der Waals surface area contributed by atoms with Crippen LogP contribution in [0.4, 0.5) is 10.5 Å². The van der Waals surface area contributed by atoms with E-state index in [1.165, 1.54) is 12.8 Å². The zero-order valence-corrected chi connectivity index (χ0v) is 28.6. The molecule has 4 rings (SSSR count). The standard InChI is InChI=1S/C36H58N4O6/c1-25-22-40(26(2)24-41)35(43)31-21-30(38-36(44)37-29-16-9-6-10-17-29)18-19-32(31)46-27(3)13-11-12-20-45-33(25)23-39(4)34(42)28-14-7-5-8-15-28/h18-19,21,25-29,33,41H,5-17,20,22-24H2,1-4H3,(H2,37,38,44)/t25-,26-,27-,33-/m0/s1. The van der Waals surface area contributed by atoms with Crippen LogP contribution < -0.4 is 15.4 Å². The molecule has 1 aromatic rings. The van der Waals surface area contributed by atoms with Crippen molar-refractivity contribution in [2.24, 2.45) is 11.8 Å². The number of benzene rings is 1. The third-order valence-corrected chi connectivity index (χ3v) is 10.0. The van der Waals surface area contributed by atoms with Crippen LogP contribution in [0.5, 0.6) is 5.75 Å². The predicted octanol–water partition coefficient (Wildman–Crippen LogP) is 5.98. The molecule has 0 bridgehead atoms. The van der Waals surface area contributed by atoms with Crippen LogP contribution in [0, 0.1) is 11.8 Å². The van der Waals surface area contributed by atoms with Gasteiger partial charge in [0.15, 0.2) is 0 Å². The molecular formula is C36H58N4O6. The van der Waals surface area contributed by atoms with Gasteiger partial charge in [0.1, 0.15) is 5.75 Å². The molecule has 0 radical (unpaired) electrons. The number of carbonyl (C=O) groups excluding carboxylic acids is 3. The molecule has 4 amide bonds. The minimum Gasteiger partial charge on any atom is -0.490 e. The maximum atomic E-state index is 14.4. The second kappa shape index (κ2) is 17.9. The average Bonchev–Trinajstić information content (AvgIpc) is 3.06. The van der Waals surface area contributed by atoms with E-state index in [0.717, 1.165) is 70.6 Å². The molecule has 2 saturated carbocycles. The molecule has 0 unspecified atom stereocenters. The molecule has 10 nitrogen and oxygen atoms in total. The molecule has 258 valence electrons. The number of hydrogen-bond donors (Lipinski definition) is 3. The zero-order chi connectivity index (χ0) is 33.1. The lowest BCUT2D eigenvalue weighted by atomic mass is 9.88. The highest BCUT2D eigenvalue weighted by molar-refractivity contribution is 5.99. The van der Waals surface area contributed by atoms with Gasteiger partial charge in [-0.1, -0.05) is 45.4 Å². The van der Waals surface area contributed by atoms with Crippen molar-refractivity contribution in [1.82, 2.24) is 15.1 Å². The van der Waals surface area contributed by atoms with E-state index in [9.17, 15) is 19.5 Å². The minimum absolute atomic E-state index is 0.0746. The number of aliphatic hydroxyl groups excluding tert-OH is 1. The Hall–Kier alpha value is -2.85. The summed E-state index contributed by atoms with van der Waals surface area (Å²) in [5.74, 6) is 0.313. The molecule has 3 aliphatic rings. The van der Waals surface area contributed by atoms with E-state index in [2.05, 4.69) is 10.6 Å². The number of anilines is 1. The van der Waals surface area contributed by atoms with Crippen molar-refractivity contribution in [3.8, 4) is 5.75 Å². The van der Waals surface area contributed by atoms with Gasteiger partial charge in [-0.3, -0.25) is 9.59 Å². The number of rotatable bonds is 7. The van der Waals surface area contributed by atoms with E-state index in [1.54, 1.807) is 23.1 Å². The molecule has 1 aliphatic heterocycles. The molecule has 0 saturated heterocycles. The summed E-state index contributed by atoms with van der Waals surface area (Å²) in [6.45, 7) is 7.00. The first kappa shape index (κ1) is 36.0. The van der Waals surface area contributed by atoms with Crippen LogP contribution in [0.25, 0.3) is 0 Å². The average molecular weight is 643 g/mol. The fourth-order valence-electron chi connectivity index (χ4n) is 7.08. The fraction of sp³-hybridized carbons (Fsp3) is 0.750. The Labute approximate surface area is 275 Å². The molecule has 0 aromatic heterocycles. The van der Waals surface area contributed by atoms with Crippen molar-refractivity contribution in [3.05, 3.63) is 23.8 Å². The Morgan fingerprint density at radius 3 is 2.37 bits per heavy atom. The Balaban J connectivity index is 1.56. The van der Waals surface area contributed by atoms with Crippen LogP contribution in [0.3, 0.4) is 0 Å². The number of nitrogens with one attached hydrogen (secondary N) is 2. The summed E-state index contributed by atoms with van der Waals surface area (Å²) >= 11 is 0. The quantitative estimate of drug-likeness (QED) is 0.337. The molecule has 4 atom stereocenters. The summed E-state index contributed by atoms with van der Waals surface area (Å²) in [4.78, 5) is 44.1. The van der Waals surface area contributed by atoms with Crippen molar-refractivity contribution in [3.63, 3.8) is 0 Å². The van der Waals surface area contributed by atoms with Crippen LogP contribution in [-0.2, 0) is 9.53 Å². The highest BCUT2D eigenvalue weighted by Gasteiger charge is 2.32. The second-order valence-electron chi connectivity index (χ2n) is 14.0. The summed E-state index contributed by atoms with van der Waals surface area (Å²) in [6, 6.07) is 4.62. The summed E-state index contributed by atoms with van der Waals surface area (Å²) < 4.78 is 12.8. The summed E-state index contributed by atoms with van der Waals surface area (Å²) in [5, 5.41) is 16.2. The number of urea groups is 1. The smallest absolute Gasteiger partial charge is 0.319 e. The number of hydrogen-bond acceptors (Lipinski definition) is 6. The topological polar surface area (TPSA) is 120 Å². The van der Waals surface area contributed by atoms with Crippen molar-refractivity contribution in [1.29, 1.82) is 0 Å². The zero-order valence-electron chi connectivity index (χ0n) is 28.6. The number of carbonyl (C=O) groups is 3. The van der Waals surface area contributed by atoms with E-state index in [4.69, 9.17) is 9.47 Å². The molecule has 1 aromatic carbocycles. The highest BCUT2D eigenvalue weighted by atomic mass is 16.5. The van der Waals surface area contributed by atoms with E-state index in [1.807, 2.05) is 32.7 Å². The number of nitrogens with zero attached hydrogens (tertiary/aromatic N) is 2. The Kier molecular flexibility index (Phi) is 14.0. The van der Waals surface area contributed by atoms with Crippen LogP contribution in [0.2, 0.25) is 0 Å². The van der Waals surface area contributed by atoms with Crippen molar-refractivity contribution in [2.45, 2.75) is 129 Å². The van der Waals surface area contributed by atoms with Gasteiger partial charge < -0.3 is 35.0 Å². The lowest BCUT2D eigenvalue weighted by molar-refractivity contribution is -0.137. The van der Waals surface area contributed by atoms with E-state index >= 15 is 0 Å². The van der Waals surface area contributed by atoms with Gasteiger partial charge in [-0.15, -0.1) is 0 Å². The number of aliphatic hydroxyl groups is 1. The normalized spacial score (nSPS) is 25.0. The molecule has 2 fully saturated rings. The molecule has 3 N–H and O–H groups in total. The summed E-state index contributed by atoms with van der Waals surface area (Å²) in [6.07, 6.45) is 12.8. The van der Waals surface area contributed by atoms with Gasteiger partial charge in [-0.05, 0) is 77.0 Å². The Bertz CT molecular complexity index is 1140. The van der Waals surface area contributed by atoms with Crippen molar-refractivity contribution in [2.75, 3.05) is 38.7 Å². The van der Waals surface area contributed by atoms with Crippen LogP contribution in [0.15, 0.2) is 18.2 Å². The lowest BCUT2D eigenvalue weighted by Gasteiger charge is -2.36. The van der Waals surface area contributed by atoms with Gasteiger partial charge in [0.25, 0.3) is 5.91 Å². The Morgan fingerprint density at radius 1 is 1.00 bits per heavy atom. The van der Waals surface area contributed by atoms with Gasteiger partial charge >= 0.3 is 6.03 Å². The molecule has 2 aliphatic carbocycles. The Morgan fingerprint density at radius 2 is 1.67 bits per heavy atom. The minimum atomic E-state index is -0.471. The van der Waals surface area contributed by atoms with Crippen molar-refractivity contribution >= 4 is 23.5 Å². The first-order valence-electron chi connectivity index (χ1n) is 17.8. The predicted molar refractivity (Wildman–Crippen MR) is 180 cm³/mol. The van der Waals surface area contributed by atoms with Crippen molar-refractivity contribution < 1.29 is 29.0 Å². The molecule has 46 heavy (non-hydrogen) atoms. The highest BCUT2D eigenvalue weighted by Crippen LogP contribution is 2.29. The molecule has 10 heteroatoms. The fourth-order valence-corrected chi connectivity index (χ4v) is 7.08. The number of fused-ring (bicyclic) bond motifs is 1. The van der Waals surface area contributed by atoms with Gasteiger partial charge in [0, 0.05) is 50.3 Å². The largest absolute Gasteiger partial charge is 0.490 e. The number of ether oxygens (including phenoxy) is 2. The molecule has 1 heterocycles. The van der Waals surface area contributed by atoms with Crippen LogP contribution in [-0.4, -0.2) is 90.4 Å². The lowest BCUT2D eigenvalue weighted by Crippen LogP contribution is -2.48. The van der Waals surface area contributed by atoms with Gasteiger partial charge in [0.05, 0.1) is 30.4 Å². The third-order valence-electron chi connectivity index (χ3n) is 10.0. The molecule has 0 spiro atoms. The van der Waals surface area contributed by atoms with E-state index in [-0.39, 0.29) is 54.5 Å². The SMILES string of the molecule is C[C@H]1CCCCO[C@@H](CN(C)C(=O)C2CCCCC2)[C@@H](C)CN([C@@H](C)CO)C(=O)c2cc(NC(=O)NC3CCCCC3)ccc2O1. The number of likely N-dealkylation sites (N-methyl/N-ethyl adjacent to an activating group) is 1. The van der Waals surface area contributed by atoms with Crippen LogP contribution >= 0.6 is 0 Å². The van der Waals surface area contributed by atoms with E-state index in [0.29, 0.717) is 36.7 Å². The summed E-state index contributed by atoms with van der Waals surface area (Å²) in [7, 11) is 1.87. The maximum Gasteiger partial charge on any atom is 0.319 e. The van der Waals surface area contributed by atoms with Gasteiger partial charge in [0.2, 0.25) is 5.91 Å². The monoisotopic (exact) mass is 642 g/mol. The molecular weight excluding hydrogens is 584 g/mol. The first-order chi connectivity index (χ1) is 22.2. The summed E-state index contributed by atoms with van der Waals surface area (Å²) in [5.41, 5.74) is 0.848. The first-order valence-corrected chi connectivity index (χ1v) is 17.8. The van der Waals surface area contributed by atoms with Gasteiger partial charge in [-0.25, -0.2) is 4.79 Å². The van der Waals surface area contributed by atoms with Gasteiger partial charge in [-0.2, -0.15) is 0 Å². The third kappa shape index (κ3) is 10.3. The van der Waals surface area contributed by atoms with E-state index < -0.39 is 6.04 Å². The van der Waals surface area contributed by atoms with Crippen LogP contribution in [0.1, 0.15) is 115 Å². The second-order valence-corrected chi connectivity index (χ2v) is 14.0. The number of amides is 4. The maximum absolute atomic E-state index is 14.4.